The maximum Gasteiger partial charge on any atom is 0.123 e. The Morgan fingerprint density at radius 1 is 1.35 bits per heavy atom. The first-order valence-electron chi connectivity index (χ1n) is 5.90. The maximum atomic E-state index is 13.0. The van der Waals surface area contributed by atoms with E-state index in [0.717, 1.165) is 12.8 Å². The van der Waals surface area contributed by atoms with Crippen LogP contribution in [0.1, 0.15) is 37.4 Å². The molecule has 1 unspecified atom stereocenters. The fraction of sp³-hybridized carbons (Fsp3) is 0.538. The molecule has 1 spiro atoms. The maximum absolute atomic E-state index is 13.0. The first kappa shape index (κ1) is 12.8. The van der Waals surface area contributed by atoms with Gasteiger partial charge in [-0.25, -0.2) is 4.39 Å². The standard InChI is InChI=1S/C13H16FNO.ClH/c14-10-3-1-2-9(8-10)12(16)11-4-5-13(15-11)6-7-13;/h1-3,8,11-12,15-16H,4-7H2;1H/t11?,12-;/m0./s1. The molecule has 2 N–H and O–H groups in total. The molecule has 4 heteroatoms. The molecule has 1 aromatic carbocycles. The molecule has 2 atom stereocenters. The van der Waals surface area contributed by atoms with Gasteiger partial charge in [-0.1, -0.05) is 12.1 Å². The zero-order valence-electron chi connectivity index (χ0n) is 9.53. The number of aliphatic hydroxyl groups is 1. The summed E-state index contributed by atoms with van der Waals surface area (Å²) in [6.45, 7) is 0. The van der Waals surface area contributed by atoms with Crippen molar-refractivity contribution in [3.63, 3.8) is 0 Å². The fourth-order valence-corrected chi connectivity index (χ4v) is 2.67. The SMILES string of the molecule is Cl.O[C@@H](c1cccc(F)c1)C1CCC2(CC2)N1. The molecule has 1 saturated carbocycles. The van der Waals surface area contributed by atoms with Crippen LogP contribution in [0.15, 0.2) is 24.3 Å². The van der Waals surface area contributed by atoms with Crippen LogP contribution in [0, 0.1) is 5.82 Å². The van der Waals surface area contributed by atoms with E-state index in [1.807, 2.05) is 0 Å². The number of halogens is 2. The molecule has 17 heavy (non-hydrogen) atoms. The fourth-order valence-electron chi connectivity index (χ4n) is 2.67. The van der Waals surface area contributed by atoms with Crippen molar-refractivity contribution >= 4 is 12.4 Å². The van der Waals surface area contributed by atoms with Crippen molar-refractivity contribution in [3.05, 3.63) is 35.6 Å². The van der Waals surface area contributed by atoms with E-state index < -0.39 is 6.10 Å². The van der Waals surface area contributed by atoms with Crippen molar-refractivity contribution < 1.29 is 9.50 Å². The molecule has 1 heterocycles. The van der Waals surface area contributed by atoms with Gasteiger partial charge in [-0.2, -0.15) is 0 Å². The molecule has 1 aromatic rings. The topological polar surface area (TPSA) is 32.3 Å². The van der Waals surface area contributed by atoms with Crippen molar-refractivity contribution in [3.8, 4) is 0 Å². The Morgan fingerprint density at radius 2 is 2.12 bits per heavy atom. The predicted octanol–water partition coefficient (Wildman–Crippen LogP) is 2.57. The van der Waals surface area contributed by atoms with Crippen LogP contribution in [0.25, 0.3) is 0 Å². The summed E-state index contributed by atoms with van der Waals surface area (Å²) in [6, 6.07) is 6.35. The zero-order valence-corrected chi connectivity index (χ0v) is 10.3. The van der Waals surface area contributed by atoms with Gasteiger partial charge in [-0.05, 0) is 43.4 Å². The summed E-state index contributed by atoms with van der Waals surface area (Å²) in [6.07, 6.45) is 3.98. The molecule has 2 fully saturated rings. The van der Waals surface area contributed by atoms with Crippen molar-refractivity contribution in [2.24, 2.45) is 0 Å². The van der Waals surface area contributed by atoms with Crippen molar-refractivity contribution in [1.82, 2.24) is 5.32 Å². The number of hydrogen-bond acceptors (Lipinski definition) is 2. The van der Waals surface area contributed by atoms with Crippen molar-refractivity contribution in [2.45, 2.75) is 43.4 Å². The minimum atomic E-state index is -0.587. The number of nitrogens with one attached hydrogen (secondary N) is 1. The summed E-state index contributed by atoms with van der Waals surface area (Å²) < 4.78 is 13.0. The summed E-state index contributed by atoms with van der Waals surface area (Å²) in [5, 5.41) is 13.7. The van der Waals surface area contributed by atoms with Crippen LogP contribution in [0.5, 0.6) is 0 Å². The first-order chi connectivity index (χ1) is 7.69. The van der Waals surface area contributed by atoms with Gasteiger partial charge in [0.25, 0.3) is 0 Å². The van der Waals surface area contributed by atoms with E-state index in [1.54, 1.807) is 12.1 Å². The van der Waals surface area contributed by atoms with Gasteiger partial charge in [-0.3, -0.25) is 0 Å². The van der Waals surface area contributed by atoms with Gasteiger partial charge >= 0.3 is 0 Å². The van der Waals surface area contributed by atoms with Gasteiger partial charge in [0.2, 0.25) is 0 Å². The molecule has 0 aromatic heterocycles. The highest BCUT2D eigenvalue weighted by molar-refractivity contribution is 5.85. The third-order valence-electron chi connectivity index (χ3n) is 3.85. The summed E-state index contributed by atoms with van der Waals surface area (Å²) in [5.74, 6) is -0.282. The van der Waals surface area contributed by atoms with Crippen LogP contribution in [0.4, 0.5) is 4.39 Å². The highest BCUT2D eigenvalue weighted by Crippen LogP contribution is 2.46. The molecule has 1 saturated heterocycles. The summed E-state index contributed by atoms with van der Waals surface area (Å²) in [5.41, 5.74) is 0.995. The van der Waals surface area contributed by atoms with E-state index in [0.29, 0.717) is 11.1 Å². The van der Waals surface area contributed by atoms with Crippen LogP contribution in [-0.2, 0) is 0 Å². The monoisotopic (exact) mass is 257 g/mol. The highest BCUT2D eigenvalue weighted by atomic mass is 35.5. The third kappa shape index (κ3) is 2.46. The lowest BCUT2D eigenvalue weighted by Gasteiger charge is -2.20. The summed E-state index contributed by atoms with van der Waals surface area (Å²) in [7, 11) is 0. The summed E-state index contributed by atoms with van der Waals surface area (Å²) >= 11 is 0. The molecule has 2 aliphatic rings. The lowest BCUT2D eigenvalue weighted by molar-refractivity contribution is 0.134. The second-order valence-electron chi connectivity index (χ2n) is 5.07. The molecular formula is C13H17ClFNO. The van der Waals surface area contributed by atoms with E-state index in [-0.39, 0.29) is 24.3 Å². The molecule has 1 aliphatic carbocycles. The quantitative estimate of drug-likeness (QED) is 0.854. The van der Waals surface area contributed by atoms with Gasteiger partial charge < -0.3 is 10.4 Å². The number of benzene rings is 1. The molecule has 2 nitrogen and oxygen atoms in total. The van der Waals surface area contributed by atoms with Crippen LogP contribution in [0.2, 0.25) is 0 Å². The molecule has 0 amide bonds. The largest absolute Gasteiger partial charge is 0.387 e. The average Bonchev–Trinajstić information content (AvgIpc) is 2.88. The summed E-state index contributed by atoms with van der Waals surface area (Å²) in [4.78, 5) is 0. The van der Waals surface area contributed by atoms with Crippen molar-refractivity contribution in [1.29, 1.82) is 0 Å². The Balaban J connectivity index is 0.00000108. The Morgan fingerprint density at radius 3 is 2.71 bits per heavy atom. The van der Waals surface area contributed by atoms with E-state index >= 15 is 0 Å². The minimum Gasteiger partial charge on any atom is -0.387 e. The minimum absolute atomic E-state index is 0. The second-order valence-corrected chi connectivity index (χ2v) is 5.07. The molecule has 94 valence electrons. The van der Waals surface area contributed by atoms with Crippen LogP contribution >= 0.6 is 12.4 Å². The van der Waals surface area contributed by atoms with Crippen LogP contribution in [0.3, 0.4) is 0 Å². The lowest BCUT2D eigenvalue weighted by Crippen LogP contribution is -2.35. The first-order valence-corrected chi connectivity index (χ1v) is 5.90. The Kier molecular flexibility index (Phi) is 3.43. The number of hydrogen-bond donors (Lipinski definition) is 2. The molecular weight excluding hydrogens is 241 g/mol. The smallest absolute Gasteiger partial charge is 0.123 e. The van der Waals surface area contributed by atoms with E-state index in [4.69, 9.17) is 0 Å². The Bertz CT molecular complexity index is 408. The van der Waals surface area contributed by atoms with Gasteiger partial charge in [0.05, 0.1) is 6.10 Å². The zero-order chi connectivity index (χ0) is 11.2. The number of aliphatic hydroxyl groups excluding tert-OH is 1. The normalized spacial score (nSPS) is 26.6. The second kappa shape index (κ2) is 4.56. The lowest BCUT2D eigenvalue weighted by atomic mass is 10.0. The molecule has 0 radical (unpaired) electrons. The predicted molar refractivity (Wildman–Crippen MR) is 66.7 cm³/mol. The van der Waals surface area contributed by atoms with Crippen LogP contribution < -0.4 is 5.32 Å². The van der Waals surface area contributed by atoms with Gasteiger partial charge in [-0.15, -0.1) is 12.4 Å². The number of rotatable bonds is 2. The third-order valence-corrected chi connectivity index (χ3v) is 3.85. The average molecular weight is 258 g/mol. The van der Waals surface area contributed by atoms with Gasteiger partial charge in [0, 0.05) is 11.6 Å². The molecule has 0 bridgehead atoms. The van der Waals surface area contributed by atoms with E-state index in [9.17, 15) is 9.50 Å². The molecule has 3 rings (SSSR count). The highest BCUT2D eigenvalue weighted by Gasteiger charge is 2.49. The van der Waals surface area contributed by atoms with Gasteiger partial charge in [0.15, 0.2) is 0 Å². The Labute approximate surface area is 107 Å². The molecule has 1 aliphatic heterocycles. The van der Waals surface area contributed by atoms with Crippen LogP contribution in [-0.4, -0.2) is 16.7 Å². The Hall–Kier alpha value is -0.640. The van der Waals surface area contributed by atoms with E-state index in [1.165, 1.54) is 25.0 Å². The van der Waals surface area contributed by atoms with Gasteiger partial charge in [0.1, 0.15) is 5.82 Å². The van der Waals surface area contributed by atoms with Crippen molar-refractivity contribution in [2.75, 3.05) is 0 Å². The van der Waals surface area contributed by atoms with E-state index in [2.05, 4.69) is 5.32 Å².